The Morgan fingerprint density at radius 1 is 1.23 bits per heavy atom. The van der Waals surface area contributed by atoms with Gasteiger partial charge < -0.3 is 20.1 Å². The van der Waals surface area contributed by atoms with Crippen LogP contribution in [-0.4, -0.2) is 82.0 Å². The van der Waals surface area contributed by atoms with Gasteiger partial charge in [-0.1, -0.05) is 13.0 Å². The Hall–Kier alpha value is -3.70. The van der Waals surface area contributed by atoms with E-state index in [0.29, 0.717) is 46.9 Å². The van der Waals surface area contributed by atoms with Gasteiger partial charge in [-0.15, -0.1) is 0 Å². The molecular formula is C33H37F3N6O2. The second-order valence-electron chi connectivity index (χ2n) is 12.6. The van der Waals surface area contributed by atoms with Crippen molar-refractivity contribution >= 4 is 27.5 Å². The Labute approximate surface area is 254 Å². The van der Waals surface area contributed by atoms with E-state index >= 15 is 4.39 Å². The number of hydrogen-bond acceptors (Lipinski definition) is 8. The van der Waals surface area contributed by atoms with E-state index in [2.05, 4.69) is 27.1 Å². The van der Waals surface area contributed by atoms with Gasteiger partial charge in [-0.2, -0.15) is 9.97 Å². The molecule has 4 atom stereocenters. The van der Waals surface area contributed by atoms with Crippen molar-refractivity contribution in [1.82, 2.24) is 25.2 Å². The normalized spacial score (nSPS) is 25.3. The van der Waals surface area contributed by atoms with Gasteiger partial charge in [0.2, 0.25) is 0 Å². The van der Waals surface area contributed by atoms with Crippen LogP contribution in [0.25, 0.3) is 32.9 Å². The fraction of sp³-hybridized carbons (Fsp3) is 0.485. The standard InChI is InChI=1S/C33H37F3N6O2/c1-4-22-25(35)7-6-19-12-21(43)13-23(27(19)22)29-28(36)30-24(15-38-29)31(41(3)26-8-10-37-18(26)2)40-32(39-30)44-17-33-9-5-11-42(33)16-20(34)14-33/h6-7,12-13,15,18,20,26,37,43H,4-5,8-11,14,16-17H2,1-3H3/t18-,20-,26-,33+/m1/s1. The quantitative estimate of drug-likeness (QED) is 0.284. The summed E-state index contributed by atoms with van der Waals surface area (Å²) in [4.78, 5) is 18.0. The lowest BCUT2D eigenvalue weighted by molar-refractivity contribution is 0.107. The molecule has 0 radical (unpaired) electrons. The van der Waals surface area contributed by atoms with Crippen molar-refractivity contribution in [3.63, 3.8) is 0 Å². The van der Waals surface area contributed by atoms with Crippen LogP contribution in [0.1, 0.15) is 45.1 Å². The predicted octanol–water partition coefficient (Wildman–Crippen LogP) is 5.53. The lowest BCUT2D eigenvalue weighted by Gasteiger charge is -2.31. The molecule has 0 spiro atoms. The number of phenols is 1. The molecule has 44 heavy (non-hydrogen) atoms. The number of aryl methyl sites for hydroxylation is 1. The topological polar surface area (TPSA) is 86.6 Å². The number of anilines is 1. The SMILES string of the molecule is CCc1c(F)ccc2cc(O)cc(-c3ncc4c(N(C)[C@@H]5CCN[C@@H]5C)nc(OC[C@@]56CCCN5C[C@H](F)C6)nc4c3F)c12. The number of phenolic OH excluding ortho intramolecular Hbond substituents is 1. The lowest BCUT2D eigenvalue weighted by Crippen LogP contribution is -2.43. The van der Waals surface area contributed by atoms with E-state index in [4.69, 9.17) is 9.72 Å². The third-order valence-electron chi connectivity index (χ3n) is 9.95. The summed E-state index contributed by atoms with van der Waals surface area (Å²) in [7, 11) is 1.92. The zero-order valence-corrected chi connectivity index (χ0v) is 25.2. The van der Waals surface area contributed by atoms with Crippen LogP contribution >= 0.6 is 0 Å². The average molecular weight is 607 g/mol. The van der Waals surface area contributed by atoms with Crippen LogP contribution in [0.15, 0.2) is 30.5 Å². The maximum atomic E-state index is 16.8. The fourth-order valence-corrected chi connectivity index (χ4v) is 7.75. The van der Waals surface area contributed by atoms with Crippen molar-refractivity contribution < 1.29 is 23.0 Å². The molecule has 8 nitrogen and oxygen atoms in total. The van der Waals surface area contributed by atoms with Crippen LogP contribution in [0, 0.1) is 11.6 Å². The number of alkyl halides is 1. The molecule has 3 aliphatic heterocycles. The zero-order chi connectivity index (χ0) is 30.7. The monoisotopic (exact) mass is 606 g/mol. The molecule has 7 rings (SSSR count). The summed E-state index contributed by atoms with van der Waals surface area (Å²) in [5.74, 6) is -0.719. The minimum Gasteiger partial charge on any atom is -0.508 e. The second-order valence-corrected chi connectivity index (χ2v) is 12.6. The van der Waals surface area contributed by atoms with E-state index in [1.54, 1.807) is 12.3 Å². The molecule has 0 bridgehead atoms. The van der Waals surface area contributed by atoms with Crippen LogP contribution in [0.3, 0.4) is 0 Å². The number of halogens is 3. The van der Waals surface area contributed by atoms with Crippen LogP contribution in [0.2, 0.25) is 0 Å². The second kappa shape index (κ2) is 11.0. The number of rotatable bonds is 7. The van der Waals surface area contributed by atoms with Gasteiger partial charge in [0, 0.05) is 43.9 Å². The summed E-state index contributed by atoms with van der Waals surface area (Å²) >= 11 is 0. The van der Waals surface area contributed by atoms with E-state index in [1.165, 1.54) is 18.2 Å². The van der Waals surface area contributed by atoms with Crippen LogP contribution in [0.5, 0.6) is 11.8 Å². The molecule has 3 aliphatic rings. The van der Waals surface area contributed by atoms with Gasteiger partial charge >= 0.3 is 6.01 Å². The van der Waals surface area contributed by atoms with E-state index < -0.39 is 23.3 Å². The maximum Gasteiger partial charge on any atom is 0.319 e. The van der Waals surface area contributed by atoms with Crippen LogP contribution in [0.4, 0.5) is 19.0 Å². The number of ether oxygens (including phenoxy) is 1. The highest BCUT2D eigenvalue weighted by Crippen LogP contribution is 2.42. The molecule has 2 N–H and O–H groups in total. The number of nitrogens with zero attached hydrogens (tertiary/aromatic N) is 5. The Bertz CT molecular complexity index is 1750. The number of pyridine rings is 1. The van der Waals surface area contributed by atoms with Crippen LogP contribution < -0.4 is 15.0 Å². The fourth-order valence-electron chi connectivity index (χ4n) is 7.75. The van der Waals surface area contributed by atoms with Gasteiger partial charge in [-0.25, -0.2) is 13.2 Å². The predicted molar refractivity (Wildman–Crippen MR) is 164 cm³/mol. The molecule has 3 saturated heterocycles. The Morgan fingerprint density at radius 3 is 2.84 bits per heavy atom. The molecule has 2 aromatic heterocycles. The van der Waals surface area contributed by atoms with Crippen molar-refractivity contribution in [3.8, 4) is 23.0 Å². The number of hydrogen-bond donors (Lipinski definition) is 2. The summed E-state index contributed by atoms with van der Waals surface area (Å²) in [6, 6.07) is 6.16. The molecule has 3 fully saturated rings. The summed E-state index contributed by atoms with van der Waals surface area (Å²) in [6.07, 6.45) is 4.07. The minimum atomic E-state index is -0.907. The summed E-state index contributed by atoms with van der Waals surface area (Å²) in [5, 5.41) is 15.5. The first-order chi connectivity index (χ1) is 21.2. The lowest BCUT2D eigenvalue weighted by atomic mass is 9.94. The van der Waals surface area contributed by atoms with Gasteiger partial charge in [-0.05, 0) is 80.2 Å². The van der Waals surface area contributed by atoms with E-state index in [-0.39, 0.29) is 47.2 Å². The molecule has 232 valence electrons. The Kier molecular flexibility index (Phi) is 7.28. The molecule has 4 aromatic rings. The van der Waals surface area contributed by atoms with Gasteiger partial charge in [0.1, 0.15) is 41.4 Å². The first-order valence-electron chi connectivity index (χ1n) is 15.5. The van der Waals surface area contributed by atoms with E-state index in [9.17, 15) is 13.9 Å². The third-order valence-corrected chi connectivity index (χ3v) is 9.95. The van der Waals surface area contributed by atoms with Crippen LogP contribution in [-0.2, 0) is 6.42 Å². The summed E-state index contributed by atoms with van der Waals surface area (Å²) in [5.41, 5.74) is 0.237. The van der Waals surface area contributed by atoms with Crippen molar-refractivity contribution in [2.75, 3.05) is 38.2 Å². The smallest absolute Gasteiger partial charge is 0.319 e. The Morgan fingerprint density at radius 2 is 2.07 bits per heavy atom. The van der Waals surface area contributed by atoms with Crippen molar-refractivity contribution in [3.05, 3.63) is 47.7 Å². The molecule has 5 heterocycles. The maximum absolute atomic E-state index is 16.8. The largest absolute Gasteiger partial charge is 0.508 e. The van der Waals surface area contributed by atoms with E-state index in [1.807, 2.05) is 18.9 Å². The number of benzene rings is 2. The van der Waals surface area contributed by atoms with Crippen molar-refractivity contribution in [1.29, 1.82) is 0 Å². The molecule has 0 amide bonds. The zero-order valence-electron chi connectivity index (χ0n) is 25.2. The molecule has 0 saturated carbocycles. The number of likely N-dealkylation sites (N-methyl/N-ethyl adjacent to an activating group) is 1. The van der Waals surface area contributed by atoms with E-state index in [0.717, 1.165) is 32.4 Å². The number of aromatic nitrogens is 3. The highest BCUT2D eigenvalue weighted by molar-refractivity contribution is 6.01. The first-order valence-corrected chi connectivity index (χ1v) is 15.5. The van der Waals surface area contributed by atoms with Crippen molar-refractivity contribution in [2.45, 2.75) is 69.7 Å². The van der Waals surface area contributed by atoms with Crippen molar-refractivity contribution in [2.24, 2.45) is 0 Å². The number of fused-ring (bicyclic) bond motifs is 3. The third kappa shape index (κ3) is 4.72. The molecule has 11 heteroatoms. The number of aromatic hydroxyl groups is 1. The minimum absolute atomic E-state index is 0.0126. The highest BCUT2D eigenvalue weighted by Gasteiger charge is 2.49. The van der Waals surface area contributed by atoms with Gasteiger partial charge in [0.25, 0.3) is 0 Å². The number of nitrogens with one attached hydrogen (secondary N) is 1. The first kappa shape index (κ1) is 29.0. The van der Waals surface area contributed by atoms with Gasteiger partial charge in [-0.3, -0.25) is 9.88 Å². The molecule has 0 unspecified atom stereocenters. The van der Waals surface area contributed by atoms with Gasteiger partial charge in [0.05, 0.1) is 10.9 Å². The molecular weight excluding hydrogens is 569 g/mol. The summed E-state index contributed by atoms with van der Waals surface area (Å²) < 4.78 is 52.3. The molecule has 2 aromatic carbocycles. The Balaban J connectivity index is 1.38. The van der Waals surface area contributed by atoms with Gasteiger partial charge in [0.15, 0.2) is 5.82 Å². The summed E-state index contributed by atoms with van der Waals surface area (Å²) in [6.45, 7) is 6.21. The average Bonchev–Trinajstić information content (AvgIpc) is 3.69. The highest BCUT2D eigenvalue weighted by atomic mass is 19.1. The molecule has 0 aliphatic carbocycles.